The molecule has 0 spiro atoms. The van der Waals surface area contributed by atoms with Gasteiger partial charge in [0.1, 0.15) is 11.6 Å². The highest BCUT2D eigenvalue weighted by Gasteiger charge is 2.10. The van der Waals surface area contributed by atoms with Gasteiger partial charge in [-0.3, -0.25) is 0 Å². The smallest absolute Gasteiger partial charge is 0.123 e. The average Bonchev–Trinajstić information content (AvgIpc) is 2.43. The maximum atomic E-state index is 12.8. The molecule has 1 nitrogen and oxygen atoms in total. The summed E-state index contributed by atoms with van der Waals surface area (Å²) in [5.74, 6) is 0.907. The highest BCUT2D eigenvalue weighted by molar-refractivity contribution is 6.18. The Kier molecular flexibility index (Phi) is 4.80. The van der Waals surface area contributed by atoms with Crippen LogP contribution in [-0.2, 0) is 12.8 Å². The van der Waals surface area contributed by atoms with E-state index in [0.29, 0.717) is 11.8 Å². The van der Waals surface area contributed by atoms with E-state index in [1.807, 2.05) is 12.1 Å². The van der Waals surface area contributed by atoms with Crippen LogP contribution in [0.25, 0.3) is 0 Å². The number of hydrogen-bond acceptors (Lipinski definition) is 1. The third kappa shape index (κ3) is 4.25. The van der Waals surface area contributed by atoms with E-state index >= 15 is 0 Å². The first kappa shape index (κ1) is 13.9. The fraction of sp³-hybridized carbons (Fsp3) is 0.250. The van der Waals surface area contributed by atoms with Crippen LogP contribution in [0, 0.1) is 11.7 Å². The molecule has 2 aromatic carbocycles. The van der Waals surface area contributed by atoms with Gasteiger partial charge in [-0.2, -0.15) is 0 Å². The Morgan fingerprint density at radius 2 is 1.37 bits per heavy atom. The minimum absolute atomic E-state index is 0.218. The molecule has 2 aromatic rings. The van der Waals surface area contributed by atoms with Crippen molar-refractivity contribution in [3.8, 4) is 5.75 Å². The average molecular weight is 279 g/mol. The second-order valence-electron chi connectivity index (χ2n) is 4.72. The Labute approximate surface area is 117 Å². The zero-order chi connectivity index (χ0) is 13.7. The maximum absolute atomic E-state index is 12.8. The standard InChI is InChI=1S/C16H16ClFO/c17-11-14(9-12-1-5-15(18)6-2-12)10-13-3-7-16(19)8-4-13/h1-8,14,19H,9-11H2. The zero-order valence-corrected chi connectivity index (χ0v) is 11.3. The van der Waals surface area contributed by atoms with Crippen molar-refractivity contribution in [3.05, 3.63) is 65.5 Å². The molecule has 2 rings (SSSR count). The van der Waals surface area contributed by atoms with E-state index in [4.69, 9.17) is 11.6 Å². The molecule has 0 aliphatic carbocycles. The number of hydrogen-bond donors (Lipinski definition) is 1. The van der Waals surface area contributed by atoms with Gasteiger partial charge in [-0.25, -0.2) is 4.39 Å². The summed E-state index contributed by atoms with van der Waals surface area (Å²) in [6, 6.07) is 13.7. The maximum Gasteiger partial charge on any atom is 0.123 e. The Morgan fingerprint density at radius 3 is 1.84 bits per heavy atom. The number of benzene rings is 2. The Hall–Kier alpha value is -1.54. The second kappa shape index (κ2) is 6.58. The van der Waals surface area contributed by atoms with E-state index in [0.717, 1.165) is 24.0 Å². The molecule has 0 saturated heterocycles. The number of phenolic OH excluding ortho intramolecular Hbond substituents is 1. The van der Waals surface area contributed by atoms with E-state index in [1.54, 1.807) is 24.3 Å². The second-order valence-corrected chi connectivity index (χ2v) is 5.03. The lowest BCUT2D eigenvalue weighted by Gasteiger charge is -2.14. The molecule has 0 radical (unpaired) electrons. The fourth-order valence-corrected chi connectivity index (χ4v) is 2.32. The molecule has 19 heavy (non-hydrogen) atoms. The van der Waals surface area contributed by atoms with E-state index in [-0.39, 0.29) is 11.6 Å². The quantitative estimate of drug-likeness (QED) is 0.814. The summed E-state index contributed by atoms with van der Waals surface area (Å²) in [5.41, 5.74) is 2.23. The summed E-state index contributed by atoms with van der Waals surface area (Å²) in [7, 11) is 0. The van der Waals surface area contributed by atoms with Crippen LogP contribution in [0.4, 0.5) is 4.39 Å². The summed E-state index contributed by atoms with van der Waals surface area (Å²) in [5, 5.41) is 9.25. The van der Waals surface area contributed by atoms with Gasteiger partial charge in [-0.05, 0) is 54.2 Å². The van der Waals surface area contributed by atoms with Crippen LogP contribution in [0.1, 0.15) is 11.1 Å². The molecule has 3 heteroatoms. The van der Waals surface area contributed by atoms with Crippen LogP contribution >= 0.6 is 11.6 Å². The van der Waals surface area contributed by atoms with Gasteiger partial charge >= 0.3 is 0 Å². The van der Waals surface area contributed by atoms with E-state index in [1.165, 1.54) is 12.1 Å². The molecule has 100 valence electrons. The molecule has 1 N–H and O–H groups in total. The van der Waals surface area contributed by atoms with E-state index in [2.05, 4.69) is 0 Å². The SMILES string of the molecule is Oc1ccc(CC(CCl)Cc2ccc(F)cc2)cc1. The Bertz CT molecular complexity index is 460. The summed E-state index contributed by atoms with van der Waals surface area (Å²) in [6.45, 7) is 0. The Balaban J connectivity index is 2.00. The molecule has 0 amide bonds. The number of alkyl halides is 1. The highest BCUT2D eigenvalue weighted by atomic mass is 35.5. The molecule has 0 fully saturated rings. The van der Waals surface area contributed by atoms with Crippen molar-refractivity contribution in [2.45, 2.75) is 12.8 Å². The van der Waals surface area contributed by atoms with Gasteiger partial charge in [0, 0.05) is 5.88 Å². The molecule has 0 aromatic heterocycles. The molecule has 1 unspecified atom stereocenters. The molecule has 1 atom stereocenters. The number of aromatic hydroxyl groups is 1. The molecule has 0 saturated carbocycles. The highest BCUT2D eigenvalue weighted by Crippen LogP contribution is 2.18. The third-order valence-corrected chi connectivity index (χ3v) is 3.55. The van der Waals surface area contributed by atoms with Crippen LogP contribution in [0.3, 0.4) is 0 Å². The number of phenols is 1. The lowest BCUT2D eigenvalue weighted by Crippen LogP contribution is -2.10. The minimum atomic E-state index is -0.218. The molecule has 0 aliphatic heterocycles. The van der Waals surface area contributed by atoms with Crippen molar-refractivity contribution in [1.29, 1.82) is 0 Å². The molecular weight excluding hydrogens is 263 g/mol. The molecule has 0 heterocycles. The first-order valence-corrected chi connectivity index (χ1v) is 6.79. The van der Waals surface area contributed by atoms with Crippen LogP contribution in [0.2, 0.25) is 0 Å². The van der Waals surface area contributed by atoms with E-state index in [9.17, 15) is 9.50 Å². The lowest BCUT2D eigenvalue weighted by atomic mass is 9.94. The predicted molar refractivity (Wildman–Crippen MR) is 76.1 cm³/mol. The molecular formula is C16H16ClFO. The minimum Gasteiger partial charge on any atom is -0.508 e. The predicted octanol–water partition coefficient (Wildman–Crippen LogP) is 4.17. The topological polar surface area (TPSA) is 20.2 Å². The number of rotatable bonds is 5. The van der Waals surface area contributed by atoms with Gasteiger partial charge in [0.15, 0.2) is 0 Å². The first-order valence-electron chi connectivity index (χ1n) is 6.25. The molecule has 0 aliphatic rings. The third-order valence-electron chi connectivity index (χ3n) is 3.12. The van der Waals surface area contributed by atoms with E-state index < -0.39 is 0 Å². The summed E-state index contributed by atoms with van der Waals surface area (Å²) >= 11 is 6.01. The van der Waals surface area contributed by atoms with Crippen LogP contribution < -0.4 is 0 Å². The Morgan fingerprint density at radius 1 is 0.895 bits per heavy atom. The van der Waals surface area contributed by atoms with Crippen LogP contribution in [0.15, 0.2) is 48.5 Å². The number of halogens is 2. The van der Waals surface area contributed by atoms with Gasteiger partial charge in [0.2, 0.25) is 0 Å². The van der Waals surface area contributed by atoms with Crippen molar-refractivity contribution in [3.63, 3.8) is 0 Å². The molecule has 0 bridgehead atoms. The summed E-state index contributed by atoms with van der Waals surface area (Å²) in [6.07, 6.45) is 1.67. The zero-order valence-electron chi connectivity index (χ0n) is 10.5. The summed E-state index contributed by atoms with van der Waals surface area (Å²) in [4.78, 5) is 0. The van der Waals surface area contributed by atoms with Gasteiger partial charge in [0.05, 0.1) is 0 Å². The van der Waals surface area contributed by atoms with Crippen LogP contribution in [-0.4, -0.2) is 11.0 Å². The first-order chi connectivity index (χ1) is 9.17. The van der Waals surface area contributed by atoms with Gasteiger partial charge in [0.25, 0.3) is 0 Å². The normalized spacial score (nSPS) is 12.3. The largest absolute Gasteiger partial charge is 0.508 e. The van der Waals surface area contributed by atoms with Crippen molar-refractivity contribution in [2.75, 3.05) is 5.88 Å². The monoisotopic (exact) mass is 278 g/mol. The van der Waals surface area contributed by atoms with Crippen molar-refractivity contribution < 1.29 is 9.50 Å². The van der Waals surface area contributed by atoms with Gasteiger partial charge in [-0.15, -0.1) is 11.6 Å². The van der Waals surface area contributed by atoms with Crippen LogP contribution in [0.5, 0.6) is 5.75 Å². The van der Waals surface area contributed by atoms with Crippen molar-refractivity contribution in [1.82, 2.24) is 0 Å². The van der Waals surface area contributed by atoms with Crippen molar-refractivity contribution in [2.24, 2.45) is 5.92 Å². The fourth-order valence-electron chi connectivity index (χ4n) is 2.10. The van der Waals surface area contributed by atoms with Crippen molar-refractivity contribution >= 4 is 11.6 Å². The summed E-state index contributed by atoms with van der Waals surface area (Å²) < 4.78 is 12.8. The lowest BCUT2D eigenvalue weighted by molar-refractivity contribution is 0.474. The van der Waals surface area contributed by atoms with Gasteiger partial charge < -0.3 is 5.11 Å². The van der Waals surface area contributed by atoms with Gasteiger partial charge in [-0.1, -0.05) is 24.3 Å².